The van der Waals surface area contributed by atoms with Crippen LogP contribution in [0.25, 0.3) is 22.4 Å². The molecule has 156 valence electrons. The number of carbonyl (C=O) groups is 2. The largest absolute Gasteiger partial charge is 0.479 e. The van der Waals surface area contributed by atoms with E-state index in [9.17, 15) is 9.59 Å². The van der Waals surface area contributed by atoms with Gasteiger partial charge in [-0.1, -0.05) is 42.5 Å². The lowest BCUT2D eigenvalue weighted by molar-refractivity contribution is -0.157. The molecule has 0 unspecified atom stereocenters. The van der Waals surface area contributed by atoms with Crippen LogP contribution in [0.15, 0.2) is 42.6 Å². The molecule has 3 aromatic rings. The predicted molar refractivity (Wildman–Crippen MR) is 118 cm³/mol. The zero-order valence-corrected chi connectivity index (χ0v) is 18.1. The van der Waals surface area contributed by atoms with Crippen LogP contribution in [0.1, 0.15) is 41.6 Å². The molecular formula is C23H23NO5S. The maximum absolute atomic E-state index is 12.2. The molecule has 30 heavy (non-hydrogen) atoms. The molecule has 0 aliphatic carbocycles. The molecule has 7 heteroatoms. The second-order valence-electron chi connectivity index (χ2n) is 7.49. The normalized spacial score (nSPS) is 11.6. The number of hydrogen-bond donors (Lipinski definition) is 0. The van der Waals surface area contributed by atoms with Crippen molar-refractivity contribution in [2.24, 2.45) is 0 Å². The Morgan fingerprint density at radius 3 is 2.47 bits per heavy atom. The highest BCUT2D eigenvalue weighted by Crippen LogP contribution is 2.38. The van der Waals surface area contributed by atoms with E-state index in [2.05, 4.69) is 4.98 Å². The molecule has 0 aliphatic rings. The average Bonchev–Trinajstić information content (AvgIpc) is 3.07. The summed E-state index contributed by atoms with van der Waals surface area (Å²) in [5.74, 6) is -0.792. The fraction of sp³-hybridized carbons (Fsp3) is 0.261. The summed E-state index contributed by atoms with van der Waals surface area (Å²) >= 11 is 1.16. The molecule has 0 atom stereocenters. The van der Waals surface area contributed by atoms with Gasteiger partial charge in [-0.3, -0.25) is 0 Å². The van der Waals surface area contributed by atoms with Crippen LogP contribution in [-0.2, 0) is 14.3 Å². The molecule has 2 heterocycles. The number of carbonyl (C=O) groups excluding carboxylic acids is 2. The third-order valence-corrected chi connectivity index (χ3v) is 4.99. The van der Waals surface area contributed by atoms with Crippen LogP contribution in [0, 0.1) is 0 Å². The lowest BCUT2D eigenvalue weighted by Crippen LogP contribution is -2.27. The van der Waals surface area contributed by atoms with E-state index < -0.39 is 17.5 Å². The molecule has 0 N–H and O–H groups in total. The molecule has 0 saturated heterocycles. The Balaban J connectivity index is 1.92. The summed E-state index contributed by atoms with van der Waals surface area (Å²) in [6.07, 6.45) is 5.61. The van der Waals surface area contributed by atoms with Crippen LogP contribution in [0.4, 0.5) is 0 Å². The van der Waals surface area contributed by atoms with E-state index in [1.54, 1.807) is 27.0 Å². The van der Waals surface area contributed by atoms with Gasteiger partial charge < -0.3 is 14.2 Å². The Hall–Kier alpha value is -3.19. The second kappa shape index (κ2) is 9.09. The number of benzene rings is 1. The molecule has 1 aromatic carbocycles. The lowest BCUT2D eigenvalue weighted by Gasteiger charge is -2.19. The quantitative estimate of drug-likeness (QED) is 0.519. The Kier molecular flexibility index (Phi) is 6.52. The number of thiophene rings is 1. The summed E-state index contributed by atoms with van der Waals surface area (Å²) in [6.45, 7) is 5.01. The third kappa shape index (κ3) is 5.45. The van der Waals surface area contributed by atoms with Crippen molar-refractivity contribution in [1.82, 2.24) is 4.98 Å². The Morgan fingerprint density at radius 1 is 1.10 bits per heavy atom. The summed E-state index contributed by atoms with van der Waals surface area (Å²) in [7, 11) is 1.30. The monoisotopic (exact) mass is 425 g/mol. The van der Waals surface area contributed by atoms with E-state index in [0.29, 0.717) is 10.2 Å². The van der Waals surface area contributed by atoms with Gasteiger partial charge in [-0.15, -0.1) is 11.3 Å². The molecule has 0 radical (unpaired) electrons. The van der Waals surface area contributed by atoms with Gasteiger partial charge >= 0.3 is 11.9 Å². The van der Waals surface area contributed by atoms with Crippen LogP contribution in [0.5, 0.6) is 5.75 Å². The van der Waals surface area contributed by atoms with E-state index in [4.69, 9.17) is 14.2 Å². The molecule has 3 rings (SSSR count). The van der Waals surface area contributed by atoms with Crippen molar-refractivity contribution < 1.29 is 23.8 Å². The van der Waals surface area contributed by atoms with Gasteiger partial charge in [0, 0.05) is 6.20 Å². The Labute approximate surface area is 179 Å². The van der Waals surface area contributed by atoms with Crippen molar-refractivity contribution in [2.75, 3.05) is 13.7 Å². The zero-order valence-electron chi connectivity index (χ0n) is 17.3. The zero-order chi connectivity index (χ0) is 21.7. The van der Waals surface area contributed by atoms with Crippen LogP contribution < -0.4 is 4.74 Å². The van der Waals surface area contributed by atoms with Gasteiger partial charge in [0.25, 0.3) is 0 Å². The molecule has 0 spiro atoms. The van der Waals surface area contributed by atoms with Crippen molar-refractivity contribution in [3.05, 3.63) is 58.6 Å². The first-order chi connectivity index (χ1) is 14.3. The van der Waals surface area contributed by atoms with E-state index in [1.807, 2.05) is 48.6 Å². The van der Waals surface area contributed by atoms with Crippen LogP contribution in [-0.4, -0.2) is 36.2 Å². The van der Waals surface area contributed by atoms with E-state index in [1.165, 1.54) is 7.11 Å². The fourth-order valence-corrected chi connectivity index (χ4v) is 3.69. The number of nitrogens with zero attached hydrogens (tertiary/aromatic N) is 1. The van der Waals surface area contributed by atoms with Gasteiger partial charge in [0.1, 0.15) is 10.4 Å². The highest BCUT2D eigenvalue weighted by molar-refractivity contribution is 7.20. The standard InChI is InChI=1S/C23H23NO5S/c1-23(2,3)29-18(25)14-28-19-17-12-16(11-10-15-8-6-5-7-9-15)13-24-21(17)30-20(19)22(26)27-4/h5-13H,14H2,1-4H3. The van der Waals surface area contributed by atoms with E-state index in [-0.39, 0.29) is 17.2 Å². The second-order valence-corrected chi connectivity index (χ2v) is 8.49. The van der Waals surface area contributed by atoms with Gasteiger partial charge in [-0.05, 0) is 38.0 Å². The topological polar surface area (TPSA) is 74.7 Å². The highest BCUT2D eigenvalue weighted by Gasteiger charge is 2.24. The minimum atomic E-state index is -0.626. The molecule has 0 fully saturated rings. The summed E-state index contributed by atoms with van der Waals surface area (Å²) in [5, 5.41) is 0.638. The summed E-state index contributed by atoms with van der Waals surface area (Å²) < 4.78 is 15.9. The van der Waals surface area contributed by atoms with Gasteiger partial charge in [-0.25, -0.2) is 14.6 Å². The number of pyridine rings is 1. The van der Waals surface area contributed by atoms with Crippen LogP contribution in [0.2, 0.25) is 0 Å². The summed E-state index contributed by atoms with van der Waals surface area (Å²) in [5.41, 5.74) is 1.27. The van der Waals surface area contributed by atoms with Crippen molar-refractivity contribution in [1.29, 1.82) is 0 Å². The summed E-state index contributed by atoms with van der Waals surface area (Å²) in [6, 6.07) is 11.8. The first-order valence-corrected chi connectivity index (χ1v) is 10.2. The Bertz CT molecular complexity index is 1080. The fourth-order valence-electron chi connectivity index (χ4n) is 2.70. The van der Waals surface area contributed by atoms with Gasteiger partial charge in [0.05, 0.1) is 12.5 Å². The van der Waals surface area contributed by atoms with Gasteiger partial charge in [0.15, 0.2) is 17.2 Å². The van der Waals surface area contributed by atoms with Crippen molar-refractivity contribution in [3.63, 3.8) is 0 Å². The number of hydrogen-bond acceptors (Lipinski definition) is 7. The van der Waals surface area contributed by atoms with Gasteiger partial charge in [-0.2, -0.15) is 0 Å². The van der Waals surface area contributed by atoms with E-state index >= 15 is 0 Å². The first kappa shape index (κ1) is 21.5. The minimum absolute atomic E-state index is 0.257. The number of methoxy groups -OCH3 is 1. The molecule has 0 saturated carbocycles. The average molecular weight is 426 g/mol. The van der Waals surface area contributed by atoms with Crippen molar-refractivity contribution in [3.8, 4) is 5.75 Å². The smallest absolute Gasteiger partial charge is 0.351 e. The lowest BCUT2D eigenvalue weighted by atomic mass is 10.1. The van der Waals surface area contributed by atoms with Crippen molar-refractivity contribution in [2.45, 2.75) is 26.4 Å². The minimum Gasteiger partial charge on any atom is -0.479 e. The number of rotatable bonds is 6. The highest BCUT2D eigenvalue weighted by atomic mass is 32.1. The number of esters is 2. The number of ether oxygens (including phenoxy) is 3. The molecule has 0 aliphatic heterocycles. The molecule has 2 aromatic heterocycles. The number of fused-ring (bicyclic) bond motifs is 1. The SMILES string of the molecule is COC(=O)c1sc2ncc(C=Cc3ccccc3)cc2c1OCC(=O)OC(C)(C)C. The number of aromatic nitrogens is 1. The van der Waals surface area contributed by atoms with Gasteiger partial charge in [0.2, 0.25) is 0 Å². The molecule has 0 amide bonds. The van der Waals surface area contributed by atoms with Crippen LogP contribution in [0.3, 0.4) is 0 Å². The maximum Gasteiger partial charge on any atom is 0.351 e. The first-order valence-electron chi connectivity index (χ1n) is 9.35. The Morgan fingerprint density at radius 2 is 1.80 bits per heavy atom. The maximum atomic E-state index is 12.2. The van der Waals surface area contributed by atoms with E-state index in [0.717, 1.165) is 22.5 Å². The molecular weight excluding hydrogens is 402 g/mol. The van der Waals surface area contributed by atoms with Crippen molar-refractivity contribution >= 4 is 45.6 Å². The summed E-state index contributed by atoms with van der Waals surface area (Å²) in [4.78, 5) is 29.6. The molecule has 0 bridgehead atoms. The third-order valence-electron chi connectivity index (χ3n) is 3.91. The molecule has 6 nitrogen and oxygen atoms in total. The predicted octanol–water partition coefficient (Wildman–Crippen LogP) is 4.97. The van der Waals surface area contributed by atoms with Crippen LogP contribution >= 0.6 is 11.3 Å².